The van der Waals surface area contributed by atoms with Gasteiger partial charge in [0.05, 0.1) is 6.10 Å². The zero-order valence-electron chi connectivity index (χ0n) is 8.55. The van der Waals surface area contributed by atoms with E-state index in [1.54, 1.807) is 0 Å². The molecule has 1 heterocycles. The van der Waals surface area contributed by atoms with Crippen molar-refractivity contribution < 1.29 is 19.4 Å². The number of hydrogen-bond acceptors (Lipinski definition) is 4. The third-order valence-electron chi connectivity index (χ3n) is 2.53. The number of ether oxygens (including phenoxy) is 1. The fourth-order valence-electron chi connectivity index (χ4n) is 1.72. The van der Waals surface area contributed by atoms with Crippen LogP contribution in [-0.2, 0) is 14.3 Å². The summed E-state index contributed by atoms with van der Waals surface area (Å²) in [5, 5.41) is 8.95. The van der Waals surface area contributed by atoms with Crippen LogP contribution in [0.2, 0.25) is 0 Å². The number of rotatable bonds is 4. The Morgan fingerprint density at radius 2 is 2.27 bits per heavy atom. The van der Waals surface area contributed by atoms with E-state index in [1.807, 2.05) is 0 Å². The molecule has 6 heteroatoms. The van der Waals surface area contributed by atoms with Gasteiger partial charge in [0.15, 0.2) is 0 Å². The van der Waals surface area contributed by atoms with Crippen molar-refractivity contribution in [2.75, 3.05) is 19.4 Å². The molecule has 1 N–H and O–H groups in total. The summed E-state index contributed by atoms with van der Waals surface area (Å²) in [7, 11) is 1.52. The number of hydrogen-bond donors (Lipinski definition) is 2. The Kier molecular flexibility index (Phi) is 4.41. The molecule has 0 spiro atoms. The van der Waals surface area contributed by atoms with Crippen LogP contribution in [0.25, 0.3) is 0 Å². The number of amides is 1. The van der Waals surface area contributed by atoms with Gasteiger partial charge in [0, 0.05) is 26.5 Å². The summed E-state index contributed by atoms with van der Waals surface area (Å²) in [6.45, 7) is 0.361. The molecular formula is C9H15NO4S. The summed E-state index contributed by atoms with van der Waals surface area (Å²) in [5.74, 6) is -0.710. The van der Waals surface area contributed by atoms with Crippen LogP contribution in [0.4, 0.5) is 0 Å². The summed E-state index contributed by atoms with van der Waals surface area (Å²) < 4.78 is 5.07. The van der Waals surface area contributed by atoms with Crippen molar-refractivity contribution in [3.05, 3.63) is 0 Å². The molecule has 0 aromatic carbocycles. The number of methoxy groups -OCH3 is 1. The summed E-state index contributed by atoms with van der Waals surface area (Å²) in [6, 6.07) is -0.748. The minimum absolute atomic E-state index is 0.169. The van der Waals surface area contributed by atoms with Crippen LogP contribution >= 0.6 is 12.6 Å². The summed E-state index contributed by atoms with van der Waals surface area (Å²) in [6.07, 6.45) is 0.461. The molecule has 0 unspecified atom stereocenters. The van der Waals surface area contributed by atoms with Crippen LogP contribution in [0.15, 0.2) is 0 Å². The maximum atomic E-state index is 11.6. The van der Waals surface area contributed by atoms with Crippen molar-refractivity contribution in [2.24, 2.45) is 0 Å². The predicted molar refractivity (Wildman–Crippen MR) is 57.0 cm³/mol. The van der Waals surface area contributed by atoms with Gasteiger partial charge in [0.2, 0.25) is 5.91 Å². The fourth-order valence-corrected chi connectivity index (χ4v) is 1.91. The Balaban J connectivity index is 2.68. The van der Waals surface area contributed by atoms with Crippen molar-refractivity contribution in [2.45, 2.75) is 25.0 Å². The Morgan fingerprint density at radius 1 is 1.60 bits per heavy atom. The van der Waals surface area contributed by atoms with Crippen LogP contribution < -0.4 is 0 Å². The maximum absolute atomic E-state index is 11.6. The van der Waals surface area contributed by atoms with Gasteiger partial charge in [-0.05, 0) is 5.75 Å². The van der Waals surface area contributed by atoms with E-state index in [0.29, 0.717) is 18.7 Å². The summed E-state index contributed by atoms with van der Waals surface area (Å²) >= 11 is 3.95. The van der Waals surface area contributed by atoms with Gasteiger partial charge in [-0.25, -0.2) is 4.79 Å². The molecule has 1 saturated heterocycles. The summed E-state index contributed by atoms with van der Waals surface area (Å²) in [5.41, 5.74) is 0. The lowest BCUT2D eigenvalue weighted by Gasteiger charge is -2.20. The molecule has 0 bridgehead atoms. The monoisotopic (exact) mass is 233 g/mol. The number of likely N-dealkylation sites (tertiary alicyclic amines) is 1. The van der Waals surface area contributed by atoms with Gasteiger partial charge < -0.3 is 14.7 Å². The van der Waals surface area contributed by atoms with Crippen molar-refractivity contribution in [3.8, 4) is 0 Å². The minimum atomic E-state index is -0.970. The molecule has 0 aromatic rings. The smallest absolute Gasteiger partial charge is 0.326 e. The van der Waals surface area contributed by atoms with Gasteiger partial charge in [-0.15, -0.1) is 0 Å². The molecule has 0 aromatic heterocycles. The largest absolute Gasteiger partial charge is 0.480 e. The van der Waals surface area contributed by atoms with Crippen LogP contribution in [0, 0.1) is 0 Å². The topological polar surface area (TPSA) is 66.8 Å². The van der Waals surface area contributed by atoms with E-state index >= 15 is 0 Å². The molecule has 1 aliphatic rings. The van der Waals surface area contributed by atoms with E-state index in [1.165, 1.54) is 12.0 Å². The average molecular weight is 233 g/mol. The number of nitrogens with zero attached hydrogens (tertiary/aromatic N) is 1. The van der Waals surface area contributed by atoms with Crippen molar-refractivity contribution in [1.82, 2.24) is 4.90 Å². The predicted octanol–water partition coefficient (Wildman–Crippen LogP) is 0.00680. The van der Waals surface area contributed by atoms with E-state index < -0.39 is 12.0 Å². The van der Waals surface area contributed by atoms with E-state index in [-0.39, 0.29) is 18.4 Å². The number of thiol groups is 1. The van der Waals surface area contributed by atoms with Crippen LogP contribution in [-0.4, -0.2) is 53.4 Å². The van der Waals surface area contributed by atoms with Gasteiger partial charge in [0.1, 0.15) is 6.04 Å². The van der Waals surface area contributed by atoms with Crippen molar-refractivity contribution in [3.63, 3.8) is 0 Å². The molecule has 0 saturated carbocycles. The third-order valence-corrected chi connectivity index (χ3v) is 2.75. The first-order valence-corrected chi connectivity index (χ1v) is 5.39. The van der Waals surface area contributed by atoms with Crippen molar-refractivity contribution >= 4 is 24.5 Å². The Hall–Kier alpha value is -0.750. The number of carboxylic acid groups (broad SMARTS) is 1. The highest BCUT2D eigenvalue weighted by Crippen LogP contribution is 2.21. The summed E-state index contributed by atoms with van der Waals surface area (Å²) in [4.78, 5) is 23.9. The van der Waals surface area contributed by atoms with E-state index in [9.17, 15) is 9.59 Å². The molecule has 15 heavy (non-hydrogen) atoms. The molecule has 2 atom stereocenters. The van der Waals surface area contributed by atoms with Gasteiger partial charge >= 0.3 is 5.97 Å². The normalized spacial score (nSPS) is 25.6. The van der Waals surface area contributed by atoms with E-state index in [2.05, 4.69) is 12.6 Å². The lowest BCUT2D eigenvalue weighted by Crippen LogP contribution is -2.40. The number of carbonyl (C=O) groups is 2. The molecule has 0 aliphatic carbocycles. The highest BCUT2D eigenvalue weighted by atomic mass is 32.1. The van der Waals surface area contributed by atoms with Crippen LogP contribution in [0.3, 0.4) is 0 Å². The number of carboxylic acids is 1. The fraction of sp³-hybridized carbons (Fsp3) is 0.778. The Morgan fingerprint density at radius 3 is 2.73 bits per heavy atom. The van der Waals surface area contributed by atoms with Crippen LogP contribution in [0.5, 0.6) is 0 Å². The molecule has 0 radical (unpaired) electrons. The first-order chi connectivity index (χ1) is 7.10. The maximum Gasteiger partial charge on any atom is 0.326 e. The highest BCUT2D eigenvalue weighted by Gasteiger charge is 2.39. The highest BCUT2D eigenvalue weighted by molar-refractivity contribution is 7.80. The van der Waals surface area contributed by atoms with Gasteiger partial charge in [0.25, 0.3) is 0 Å². The van der Waals surface area contributed by atoms with Gasteiger partial charge in [-0.2, -0.15) is 12.6 Å². The quantitative estimate of drug-likeness (QED) is 0.671. The van der Waals surface area contributed by atoms with E-state index in [4.69, 9.17) is 9.84 Å². The molecule has 1 rings (SSSR count). The number of aliphatic carboxylic acids is 1. The molecule has 1 amide bonds. The lowest BCUT2D eigenvalue weighted by atomic mass is 10.2. The lowest BCUT2D eigenvalue weighted by molar-refractivity contribution is -0.148. The first kappa shape index (κ1) is 12.3. The molecular weight excluding hydrogens is 218 g/mol. The third kappa shape index (κ3) is 2.85. The standard InChI is InChI=1S/C9H15NO4S/c1-14-6-4-7(9(12)13)10(5-6)8(11)2-3-15/h6-7,15H,2-5H2,1H3,(H,12,13)/t6-,7+/m1/s1. The second-order valence-electron chi connectivity index (χ2n) is 3.47. The Labute approximate surface area is 93.8 Å². The first-order valence-electron chi connectivity index (χ1n) is 4.76. The minimum Gasteiger partial charge on any atom is -0.480 e. The Bertz CT molecular complexity index is 258. The average Bonchev–Trinajstić information content (AvgIpc) is 2.61. The number of carbonyl (C=O) groups excluding carboxylic acids is 1. The van der Waals surface area contributed by atoms with E-state index in [0.717, 1.165) is 0 Å². The molecule has 86 valence electrons. The van der Waals surface area contributed by atoms with Gasteiger partial charge in [-0.1, -0.05) is 0 Å². The molecule has 1 fully saturated rings. The van der Waals surface area contributed by atoms with Crippen molar-refractivity contribution in [1.29, 1.82) is 0 Å². The molecule has 5 nitrogen and oxygen atoms in total. The zero-order chi connectivity index (χ0) is 11.4. The SMILES string of the molecule is CO[C@@H]1C[C@@H](C(=O)O)N(C(=O)CCS)C1. The second-order valence-corrected chi connectivity index (χ2v) is 3.91. The van der Waals surface area contributed by atoms with Gasteiger partial charge in [-0.3, -0.25) is 4.79 Å². The van der Waals surface area contributed by atoms with Crippen LogP contribution in [0.1, 0.15) is 12.8 Å². The zero-order valence-corrected chi connectivity index (χ0v) is 9.44. The molecule has 1 aliphatic heterocycles. The second kappa shape index (κ2) is 5.37.